The van der Waals surface area contributed by atoms with E-state index in [-0.39, 0.29) is 23.8 Å². The summed E-state index contributed by atoms with van der Waals surface area (Å²) < 4.78 is 27.0. The molecule has 1 heterocycles. The second-order valence-electron chi connectivity index (χ2n) is 6.80. The van der Waals surface area contributed by atoms with Gasteiger partial charge in [0.2, 0.25) is 21.8 Å². The molecule has 3 N–H and O–H groups in total. The molecule has 1 saturated heterocycles. The average molecular weight is 401 g/mol. The Morgan fingerprint density at radius 1 is 1.07 bits per heavy atom. The average Bonchev–Trinajstić information content (AvgIpc) is 2.70. The number of nitrogens with zero attached hydrogens (tertiary/aromatic N) is 1. The van der Waals surface area contributed by atoms with Crippen LogP contribution in [0.3, 0.4) is 0 Å². The van der Waals surface area contributed by atoms with E-state index in [0.717, 1.165) is 0 Å². The molecule has 0 aliphatic carbocycles. The van der Waals surface area contributed by atoms with Crippen molar-refractivity contribution in [3.05, 3.63) is 60.2 Å². The third kappa shape index (κ3) is 4.58. The SMILES string of the molecule is NC(=O)Cc1ccccc1NC(=O)C1CCCN(S(=O)(=O)c2ccccc2)C1. The minimum absolute atomic E-state index is 0.0234. The number of rotatable bonds is 6. The van der Waals surface area contributed by atoms with E-state index in [9.17, 15) is 18.0 Å². The van der Waals surface area contributed by atoms with Gasteiger partial charge in [-0.3, -0.25) is 9.59 Å². The topological polar surface area (TPSA) is 110 Å². The molecule has 1 fully saturated rings. The number of hydrogen-bond acceptors (Lipinski definition) is 4. The van der Waals surface area contributed by atoms with E-state index in [4.69, 9.17) is 5.73 Å². The molecule has 0 saturated carbocycles. The number of primary amides is 1. The fourth-order valence-electron chi connectivity index (χ4n) is 3.34. The number of piperidine rings is 1. The van der Waals surface area contributed by atoms with E-state index in [1.165, 1.54) is 4.31 Å². The van der Waals surface area contributed by atoms with Gasteiger partial charge in [0, 0.05) is 18.8 Å². The third-order valence-electron chi connectivity index (χ3n) is 4.78. The zero-order valence-electron chi connectivity index (χ0n) is 15.4. The monoisotopic (exact) mass is 401 g/mol. The van der Waals surface area contributed by atoms with Gasteiger partial charge in [-0.1, -0.05) is 36.4 Å². The summed E-state index contributed by atoms with van der Waals surface area (Å²) >= 11 is 0. The molecule has 1 unspecified atom stereocenters. The van der Waals surface area contributed by atoms with E-state index in [1.807, 2.05) is 0 Å². The van der Waals surface area contributed by atoms with Crippen molar-refractivity contribution in [3.8, 4) is 0 Å². The maximum Gasteiger partial charge on any atom is 0.243 e. The molecule has 7 nitrogen and oxygen atoms in total. The number of sulfonamides is 1. The maximum atomic E-state index is 12.8. The number of hydrogen-bond donors (Lipinski definition) is 2. The van der Waals surface area contributed by atoms with Gasteiger partial charge in [-0.2, -0.15) is 4.31 Å². The second kappa shape index (κ2) is 8.53. The Labute approximate surface area is 164 Å². The van der Waals surface area contributed by atoms with E-state index in [0.29, 0.717) is 30.6 Å². The van der Waals surface area contributed by atoms with Crippen molar-refractivity contribution in [3.63, 3.8) is 0 Å². The molecule has 1 atom stereocenters. The predicted molar refractivity (Wildman–Crippen MR) is 106 cm³/mol. The number of amides is 2. The van der Waals surface area contributed by atoms with Gasteiger partial charge in [0.15, 0.2) is 0 Å². The second-order valence-corrected chi connectivity index (χ2v) is 8.74. The number of carbonyl (C=O) groups excluding carboxylic acids is 2. The minimum Gasteiger partial charge on any atom is -0.369 e. The van der Waals surface area contributed by atoms with Crippen molar-refractivity contribution < 1.29 is 18.0 Å². The van der Waals surface area contributed by atoms with Crippen molar-refractivity contribution in [2.45, 2.75) is 24.2 Å². The molecule has 8 heteroatoms. The van der Waals surface area contributed by atoms with Crippen molar-refractivity contribution >= 4 is 27.5 Å². The molecule has 28 heavy (non-hydrogen) atoms. The number of anilines is 1. The molecular weight excluding hydrogens is 378 g/mol. The Bertz CT molecular complexity index is 960. The smallest absolute Gasteiger partial charge is 0.243 e. The number of nitrogens with one attached hydrogen (secondary N) is 1. The van der Waals surface area contributed by atoms with E-state index < -0.39 is 21.8 Å². The van der Waals surface area contributed by atoms with Crippen LogP contribution < -0.4 is 11.1 Å². The molecule has 0 radical (unpaired) electrons. The van der Waals surface area contributed by atoms with Crippen molar-refractivity contribution in [1.82, 2.24) is 4.31 Å². The molecule has 0 spiro atoms. The Hall–Kier alpha value is -2.71. The Morgan fingerprint density at radius 2 is 1.75 bits per heavy atom. The Balaban J connectivity index is 1.73. The van der Waals surface area contributed by atoms with Crippen LogP contribution in [0.15, 0.2) is 59.5 Å². The van der Waals surface area contributed by atoms with E-state index >= 15 is 0 Å². The first-order valence-electron chi connectivity index (χ1n) is 9.10. The zero-order chi connectivity index (χ0) is 20.1. The van der Waals surface area contributed by atoms with Gasteiger partial charge in [-0.15, -0.1) is 0 Å². The van der Waals surface area contributed by atoms with Gasteiger partial charge in [0.1, 0.15) is 0 Å². The van der Waals surface area contributed by atoms with Gasteiger partial charge in [-0.05, 0) is 36.6 Å². The first-order chi connectivity index (χ1) is 13.4. The van der Waals surface area contributed by atoms with Crippen LogP contribution >= 0.6 is 0 Å². The highest BCUT2D eigenvalue weighted by Gasteiger charge is 2.33. The van der Waals surface area contributed by atoms with Crippen LogP contribution in [-0.4, -0.2) is 37.6 Å². The fraction of sp³-hybridized carbons (Fsp3) is 0.300. The van der Waals surface area contributed by atoms with Gasteiger partial charge in [0.05, 0.1) is 17.2 Å². The summed E-state index contributed by atoms with van der Waals surface area (Å²) in [6, 6.07) is 15.2. The van der Waals surface area contributed by atoms with Gasteiger partial charge in [-0.25, -0.2) is 8.42 Å². The largest absolute Gasteiger partial charge is 0.369 e. The molecule has 2 aromatic rings. The maximum absolute atomic E-state index is 12.8. The summed E-state index contributed by atoms with van der Waals surface area (Å²) in [5.74, 6) is -1.21. The summed E-state index contributed by atoms with van der Waals surface area (Å²) in [7, 11) is -3.63. The molecule has 0 aromatic heterocycles. The van der Waals surface area contributed by atoms with Crippen LogP contribution in [0.25, 0.3) is 0 Å². The normalized spacial score (nSPS) is 17.8. The summed E-state index contributed by atoms with van der Waals surface area (Å²) in [5, 5.41) is 2.83. The summed E-state index contributed by atoms with van der Waals surface area (Å²) in [4.78, 5) is 24.2. The van der Waals surface area contributed by atoms with Crippen LogP contribution in [-0.2, 0) is 26.0 Å². The molecule has 148 valence electrons. The van der Waals surface area contributed by atoms with E-state index in [2.05, 4.69) is 5.32 Å². The number of nitrogens with two attached hydrogens (primary N) is 1. The highest BCUT2D eigenvalue weighted by Crippen LogP contribution is 2.25. The third-order valence-corrected chi connectivity index (χ3v) is 6.66. The van der Waals surface area contributed by atoms with Crippen LogP contribution in [0.5, 0.6) is 0 Å². The first kappa shape index (κ1) is 20.0. The quantitative estimate of drug-likeness (QED) is 0.768. The highest BCUT2D eigenvalue weighted by molar-refractivity contribution is 7.89. The van der Waals surface area contributed by atoms with Crippen LogP contribution in [0, 0.1) is 5.92 Å². The molecule has 1 aliphatic heterocycles. The number of para-hydroxylation sites is 1. The standard InChI is InChI=1S/C20H23N3O4S/c21-19(24)13-15-7-4-5-11-18(15)22-20(25)16-8-6-12-23(14-16)28(26,27)17-9-2-1-3-10-17/h1-5,7,9-11,16H,6,8,12-14H2,(H2,21,24)(H,22,25). The molecule has 2 amide bonds. The van der Waals surface area contributed by atoms with Crippen LogP contribution in [0.4, 0.5) is 5.69 Å². The lowest BCUT2D eigenvalue weighted by Gasteiger charge is -2.31. The molecular formula is C20H23N3O4S. The fourth-order valence-corrected chi connectivity index (χ4v) is 4.88. The lowest BCUT2D eigenvalue weighted by atomic mass is 9.98. The van der Waals surface area contributed by atoms with Gasteiger partial charge < -0.3 is 11.1 Å². The van der Waals surface area contributed by atoms with Crippen molar-refractivity contribution in [1.29, 1.82) is 0 Å². The lowest BCUT2D eigenvalue weighted by Crippen LogP contribution is -2.43. The predicted octanol–water partition coefficient (Wildman–Crippen LogP) is 1.75. The Morgan fingerprint density at radius 3 is 2.46 bits per heavy atom. The Kier molecular flexibility index (Phi) is 6.11. The van der Waals surface area contributed by atoms with E-state index in [1.54, 1.807) is 54.6 Å². The minimum atomic E-state index is -3.63. The summed E-state index contributed by atoms with van der Waals surface area (Å²) in [6.45, 7) is 0.514. The number of carbonyl (C=O) groups is 2. The molecule has 3 rings (SSSR count). The lowest BCUT2D eigenvalue weighted by molar-refractivity contribution is -0.121. The highest BCUT2D eigenvalue weighted by atomic mass is 32.2. The summed E-state index contributed by atoms with van der Waals surface area (Å²) in [5.41, 5.74) is 6.42. The number of benzene rings is 2. The first-order valence-corrected chi connectivity index (χ1v) is 10.5. The zero-order valence-corrected chi connectivity index (χ0v) is 16.2. The van der Waals surface area contributed by atoms with Crippen molar-refractivity contribution in [2.24, 2.45) is 11.7 Å². The molecule has 0 bridgehead atoms. The van der Waals surface area contributed by atoms with Crippen LogP contribution in [0.2, 0.25) is 0 Å². The van der Waals surface area contributed by atoms with Gasteiger partial charge in [0.25, 0.3) is 0 Å². The molecule has 1 aliphatic rings. The molecule has 2 aromatic carbocycles. The van der Waals surface area contributed by atoms with Crippen LogP contribution in [0.1, 0.15) is 18.4 Å². The van der Waals surface area contributed by atoms with Crippen molar-refractivity contribution in [2.75, 3.05) is 18.4 Å². The summed E-state index contributed by atoms with van der Waals surface area (Å²) in [6.07, 6.45) is 1.23. The van der Waals surface area contributed by atoms with Gasteiger partial charge >= 0.3 is 0 Å².